The van der Waals surface area contributed by atoms with Gasteiger partial charge in [0.2, 0.25) is 5.91 Å². The minimum atomic E-state index is -0.697. The summed E-state index contributed by atoms with van der Waals surface area (Å²) in [5.74, 6) is -0.745. The number of hydrogen-bond donors (Lipinski definition) is 1. The Labute approximate surface area is 209 Å². The highest BCUT2D eigenvalue weighted by Gasteiger charge is 2.33. The number of nitrogens with one attached hydrogen (secondary N) is 1. The first-order valence-electron chi connectivity index (χ1n) is 11.6. The van der Waals surface area contributed by atoms with Crippen molar-refractivity contribution in [3.8, 4) is 5.75 Å². The lowest BCUT2D eigenvalue weighted by molar-refractivity contribution is -0.152. The molecule has 1 N–H and O–H groups in total. The Morgan fingerprint density at radius 3 is 2.28 bits per heavy atom. The van der Waals surface area contributed by atoms with Gasteiger partial charge in [-0.15, -0.1) is 0 Å². The number of hydrazone groups is 1. The maximum atomic E-state index is 13.0. The summed E-state index contributed by atoms with van der Waals surface area (Å²) in [5.41, 5.74) is 3.41. The number of ether oxygens (including phenoxy) is 2. The van der Waals surface area contributed by atoms with E-state index in [-0.39, 0.29) is 24.9 Å². The third-order valence-electron chi connectivity index (χ3n) is 5.77. The smallest absolute Gasteiger partial charge is 0.325 e. The van der Waals surface area contributed by atoms with Crippen LogP contribution in [0, 0.1) is 0 Å². The molecule has 184 valence electrons. The van der Waals surface area contributed by atoms with Crippen molar-refractivity contribution in [2.24, 2.45) is 5.10 Å². The number of carbonyl (C=O) groups excluding carboxylic acids is 3. The number of methoxy groups -OCH3 is 1. The number of amides is 2. The van der Waals surface area contributed by atoms with Crippen LogP contribution in [0.2, 0.25) is 0 Å². The summed E-state index contributed by atoms with van der Waals surface area (Å²) in [6.45, 7) is -0.801. The molecule has 0 fully saturated rings. The van der Waals surface area contributed by atoms with E-state index in [1.807, 2.05) is 84.9 Å². The maximum Gasteiger partial charge on any atom is 0.325 e. The molecule has 0 saturated heterocycles. The van der Waals surface area contributed by atoms with Crippen LogP contribution in [0.15, 0.2) is 90.0 Å². The van der Waals surface area contributed by atoms with Crippen molar-refractivity contribution in [3.63, 3.8) is 0 Å². The zero-order chi connectivity index (χ0) is 25.3. The molecule has 0 spiro atoms. The van der Waals surface area contributed by atoms with Crippen molar-refractivity contribution in [2.45, 2.75) is 18.9 Å². The molecule has 0 saturated carbocycles. The number of esters is 1. The van der Waals surface area contributed by atoms with E-state index in [2.05, 4.69) is 10.4 Å². The minimum Gasteiger partial charge on any atom is -0.497 e. The van der Waals surface area contributed by atoms with E-state index in [1.165, 1.54) is 5.01 Å². The highest BCUT2D eigenvalue weighted by atomic mass is 16.5. The van der Waals surface area contributed by atoms with Gasteiger partial charge in [-0.1, -0.05) is 72.8 Å². The zero-order valence-corrected chi connectivity index (χ0v) is 19.9. The summed E-state index contributed by atoms with van der Waals surface area (Å²) in [5, 5.41) is 8.45. The highest BCUT2D eigenvalue weighted by Crippen LogP contribution is 2.33. The molecule has 1 heterocycles. The van der Waals surface area contributed by atoms with Crippen LogP contribution in [0.25, 0.3) is 0 Å². The van der Waals surface area contributed by atoms with Crippen LogP contribution in [0.5, 0.6) is 5.75 Å². The van der Waals surface area contributed by atoms with Crippen molar-refractivity contribution in [3.05, 3.63) is 102 Å². The molecule has 8 heteroatoms. The first kappa shape index (κ1) is 24.7. The van der Waals surface area contributed by atoms with Gasteiger partial charge in [-0.3, -0.25) is 14.4 Å². The maximum absolute atomic E-state index is 13.0. The van der Waals surface area contributed by atoms with E-state index >= 15 is 0 Å². The Hall–Kier alpha value is -4.46. The quantitative estimate of drug-likeness (QED) is 0.469. The van der Waals surface area contributed by atoms with E-state index in [0.717, 1.165) is 22.4 Å². The predicted octanol–water partition coefficient (Wildman–Crippen LogP) is 3.28. The molecule has 2 amide bonds. The van der Waals surface area contributed by atoms with Gasteiger partial charge in [0, 0.05) is 6.42 Å². The van der Waals surface area contributed by atoms with Crippen LogP contribution in [-0.2, 0) is 25.5 Å². The van der Waals surface area contributed by atoms with Gasteiger partial charge >= 0.3 is 5.97 Å². The van der Waals surface area contributed by atoms with E-state index in [9.17, 15) is 14.4 Å². The first-order valence-corrected chi connectivity index (χ1v) is 11.6. The molecule has 4 rings (SSSR count). The summed E-state index contributed by atoms with van der Waals surface area (Å²) in [6, 6.07) is 25.9. The lowest BCUT2D eigenvalue weighted by Crippen LogP contribution is -2.35. The minimum absolute atomic E-state index is 0.154. The molecule has 8 nitrogen and oxygen atoms in total. The van der Waals surface area contributed by atoms with E-state index < -0.39 is 18.5 Å². The lowest BCUT2D eigenvalue weighted by Gasteiger charge is -2.22. The van der Waals surface area contributed by atoms with Crippen molar-refractivity contribution >= 4 is 23.5 Å². The normalized spacial score (nSPS) is 14.6. The predicted molar refractivity (Wildman–Crippen MR) is 134 cm³/mol. The van der Waals surface area contributed by atoms with E-state index in [1.54, 1.807) is 7.11 Å². The summed E-state index contributed by atoms with van der Waals surface area (Å²) in [4.78, 5) is 37.3. The highest BCUT2D eigenvalue weighted by molar-refractivity contribution is 6.03. The Morgan fingerprint density at radius 1 is 0.944 bits per heavy atom. The molecule has 0 aliphatic carbocycles. The van der Waals surface area contributed by atoms with Gasteiger partial charge in [-0.25, -0.2) is 5.01 Å². The Morgan fingerprint density at radius 2 is 1.61 bits per heavy atom. The average molecular weight is 486 g/mol. The topological polar surface area (TPSA) is 97.3 Å². The van der Waals surface area contributed by atoms with Crippen molar-refractivity contribution in [1.82, 2.24) is 10.3 Å². The van der Waals surface area contributed by atoms with Crippen LogP contribution in [0.4, 0.5) is 0 Å². The van der Waals surface area contributed by atoms with Crippen LogP contribution in [-0.4, -0.2) is 48.8 Å². The Balaban J connectivity index is 1.37. The SMILES string of the molecule is COc1ccc(C2CC(c3ccccc3)=NN2C(=O)COC(=O)CNC(=O)Cc2ccccc2)cc1. The van der Waals surface area contributed by atoms with Crippen LogP contribution in [0.1, 0.15) is 29.2 Å². The third kappa shape index (κ3) is 6.35. The van der Waals surface area contributed by atoms with Gasteiger partial charge < -0.3 is 14.8 Å². The first-order chi connectivity index (χ1) is 17.5. The van der Waals surface area contributed by atoms with Crippen molar-refractivity contribution in [1.29, 1.82) is 0 Å². The number of carbonyl (C=O) groups is 3. The summed E-state index contributed by atoms with van der Waals surface area (Å²) in [6.07, 6.45) is 0.674. The summed E-state index contributed by atoms with van der Waals surface area (Å²) < 4.78 is 10.4. The Kier molecular flexibility index (Phi) is 8.08. The molecule has 1 unspecified atom stereocenters. The molecule has 0 bridgehead atoms. The fourth-order valence-corrected chi connectivity index (χ4v) is 3.90. The average Bonchev–Trinajstić information content (AvgIpc) is 3.37. The molecule has 3 aromatic rings. The molecule has 1 aliphatic rings. The molecular formula is C28H27N3O5. The number of benzene rings is 3. The Bertz CT molecular complexity index is 1230. The monoisotopic (exact) mass is 485 g/mol. The largest absolute Gasteiger partial charge is 0.497 e. The van der Waals surface area contributed by atoms with Crippen molar-refractivity contribution < 1.29 is 23.9 Å². The van der Waals surface area contributed by atoms with Gasteiger partial charge in [0.15, 0.2) is 6.61 Å². The number of rotatable bonds is 9. The second-order valence-electron chi connectivity index (χ2n) is 8.24. The zero-order valence-electron chi connectivity index (χ0n) is 19.9. The molecule has 1 aliphatic heterocycles. The van der Waals surface area contributed by atoms with Crippen LogP contribution < -0.4 is 10.1 Å². The molecule has 36 heavy (non-hydrogen) atoms. The van der Waals surface area contributed by atoms with Gasteiger partial charge in [0.05, 0.1) is 25.3 Å². The number of nitrogens with zero attached hydrogens (tertiary/aromatic N) is 2. The van der Waals surface area contributed by atoms with E-state index in [0.29, 0.717) is 12.2 Å². The second-order valence-corrected chi connectivity index (χ2v) is 8.24. The fourth-order valence-electron chi connectivity index (χ4n) is 3.90. The molecular weight excluding hydrogens is 458 g/mol. The second kappa shape index (κ2) is 11.8. The molecule has 0 aromatic heterocycles. The standard InChI is InChI=1S/C28H27N3O5/c1-35-23-14-12-22(13-15-23)25-17-24(21-10-6-3-7-11-21)30-31(25)27(33)19-36-28(34)18-29-26(32)16-20-8-4-2-5-9-20/h2-15,25H,16-19H2,1H3,(H,29,32). The summed E-state index contributed by atoms with van der Waals surface area (Å²) >= 11 is 0. The number of hydrogen-bond acceptors (Lipinski definition) is 6. The third-order valence-corrected chi connectivity index (χ3v) is 5.77. The van der Waals surface area contributed by atoms with Crippen LogP contribution >= 0.6 is 0 Å². The van der Waals surface area contributed by atoms with Gasteiger partial charge in [0.1, 0.15) is 12.3 Å². The lowest BCUT2D eigenvalue weighted by atomic mass is 9.98. The van der Waals surface area contributed by atoms with Crippen LogP contribution in [0.3, 0.4) is 0 Å². The summed E-state index contributed by atoms with van der Waals surface area (Å²) in [7, 11) is 1.59. The van der Waals surface area contributed by atoms with Gasteiger partial charge in [-0.05, 0) is 28.8 Å². The molecule has 0 radical (unpaired) electrons. The molecule has 3 aromatic carbocycles. The van der Waals surface area contributed by atoms with Crippen molar-refractivity contribution in [2.75, 3.05) is 20.3 Å². The van der Waals surface area contributed by atoms with E-state index in [4.69, 9.17) is 9.47 Å². The molecule has 1 atom stereocenters. The van der Waals surface area contributed by atoms with Gasteiger partial charge in [-0.2, -0.15) is 5.10 Å². The fraction of sp³-hybridized carbons (Fsp3) is 0.214. The van der Waals surface area contributed by atoms with Gasteiger partial charge in [0.25, 0.3) is 5.91 Å².